The van der Waals surface area contributed by atoms with Gasteiger partial charge in [-0.1, -0.05) is 43.3 Å². The lowest BCUT2D eigenvalue weighted by Gasteiger charge is -2.23. The van der Waals surface area contributed by atoms with E-state index in [1.807, 2.05) is 42.5 Å². The molecule has 3 nitrogen and oxygen atoms in total. The van der Waals surface area contributed by atoms with Gasteiger partial charge < -0.3 is 10.2 Å². The van der Waals surface area contributed by atoms with Crippen LogP contribution in [0, 0.1) is 17.0 Å². The Morgan fingerprint density at radius 2 is 1.76 bits per heavy atom. The summed E-state index contributed by atoms with van der Waals surface area (Å²) in [4.78, 5) is 1.37. The van der Waals surface area contributed by atoms with Crippen molar-refractivity contribution in [3.05, 3.63) is 71.8 Å². The van der Waals surface area contributed by atoms with Crippen LogP contribution in [0.15, 0.2) is 54.6 Å². The SMILES string of the molecule is CCc1c(F)ccc(N(C)C(=N)Nc2cccc3ccccc23)c1F. The van der Waals surface area contributed by atoms with Crippen LogP contribution in [0.1, 0.15) is 12.5 Å². The number of hydrogen-bond donors (Lipinski definition) is 2. The molecule has 0 atom stereocenters. The van der Waals surface area contributed by atoms with Crippen LogP contribution in [-0.2, 0) is 6.42 Å². The van der Waals surface area contributed by atoms with Crippen molar-refractivity contribution in [2.75, 3.05) is 17.3 Å². The van der Waals surface area contributed by atoms with Gasteiger partial charge in [0.25, 0.3) is 0 Å². The van der Waals surface area contributed by atoms with E-state index in [1.165, 1.54) is 17.0 Å². The standard InChI is InChI=1S/C20H19F2N3/c1-3-14-16(21)11-12-18(19(14)22)25(2)20(23)24-17-10-6-8-13-7-4-5-9-15(13)17/h4-12H,3H2,1-2H3,(H2,23,24). The topological polar surface area (TPSA) is 39.1 Å². The van der Waals surface area contributed by atoms with Crippen LogP contribution in [0.2, 0.25) is 0 Å². The number of hydrogen-bond acceptors (Lipinski definition) is 1. The van der Waals surface area contributed by atoms with Crippen LogP contribution >= 0.6 is 0 Å². The first-order valence-electron chi connectivity index (χ1n) is 8.07. The molecule has 25 heavy (non-hydrogen) atoms. The van der Waals surface area contributed by atoms with Crippen LogP contribution in [0.4, 0.5) is 20.2 Å². The van der Waals surface area contributed by atoms with Gasteiger partial charge in [-0.3, -0.25) is 5.41 Å². The summed E-state index contributed by atoms with van der Waals surface area (Å²) in [6.07, 6.45) is 0.253. The van der Waals surface area contributed by atoms with Gasteiger partial charge in [-0.15, -0.1) is 0 Å². The van der Waals surface area contributed by atoms with Gasteiger partial charge >= 0.3 is 0 Å². The fourth-order valence-electron chi connectivity index (χ4n) is 2.83. The summed E-state index contributed by atoms with van der Waals surface area (Å²) in [7, 11) is 1.58. The van der Waals surface area contributed by atoms with Crippen LogP contribution in [0.5, 0.6) is 0 Å². The number of nitrogens with zero attached hydrogens (tertiary/aromatic N) is 1. The van der Waals surface area contributed by atoms with Crippen LogP contribution < -0.4 is 10.2 Å². The third-order valence-corrected chi connectivity index (χ3v) is 4.26. The summed E-state index contributed by atoms with van der Waals surface area (Å²) in [5, 5.41) is 13.3. The van der Waals surface area contributed by atoms with Crippen molar-refractivity contribution in [2.45, 2.75) is 13.3 Å². The molecule has 0 aliphatic carbocycles. The first-order valence-corrected chi connectivity index (χ1v) is 8.07. The van der Waals surface area contributed by atoms with Crippen molar-refractivity contribution in [2.24, 2.45) is 0 Å². The van der Waals surface area contributed by atoms with E-state index >= 15 is 0 Å². The van der Waals surface area contributed by atoms with E-state index in [1.54, 1.807) is 14.0 Å². The minimum Gasteiger partial charge on any atom is -0.326 e. The maximum Gasteiger partial charge on any atom is 0.199 e. The van der Waals surface area contributed by atoms with Crippen molar-refractivity contribution in [1.29, 1.82) is 5.41 Å². The molecule has 3 rings (SSSR count). The lowest BCUT2D eigenvalue weighted by molar-refractivity contribution is 0.559. The molecule has 0 bridgehead atoms. The Balaban J connectivity index is 1.91. The molecule has 0 amide bonds. The van der Waals surface area contributed by atoms with E-state index in [4.69, 9.17) is 5.41 Å². The first-order chi connectivity index (χ1) is 12.0. The summed E-state index contributed by atoms with van der Waals surface area (Å²) >= 11 is 0. The molecule has 0 unspecified atom stereocenters. The zero-order valence-corrected chi connectivity index (χ0v) is 14.1. The average Bonchev–Trinajstić information content (AvgIpc) is 2.62. The van der Waals surface area contributed by atoms with E-state index < -0.39 is 11.6 Å². The minimum atomic E-state index is -0.630. The highest BCUT2D eigenvalue weighted by Gasteiger charge is 2.18. The number of halogens is 2. The van der Waals surface area contributed by atoms with Crippen molar-refractivity contribution >= 4 is 28.1 Å². The summed E-state index contributed by atoms with van der Waals surface area (Å²) < 4.78 is 28.2. The molecule has 0 radical (unpaired) electrons. The molecular weight excluding hydrogens is 320 g/mol. The highest BCUT2D eigenvalue weighted by atomic mass is 19.1. The molecule has 0 aliphatic rings. The summed E-state index contributed by atoms with van der Waals surface area (Å²) in [6, 6.07) is 16.1. The largest absolute Gasteiger partial charge is 0.326 e. The van der Waals surface area contributed by atoms with E-state index in [9.17, 15) is 8.78 Å². The molecule has 0 spiro atoms. The smallest absolute Gasteiger partial charge is 0.199 e. The number of guanidine groups is 1. The number of anilines is 2. The van der Waals surface area contributed by atoms with Gasteiger partial charge in [0.15, 0.2) is 11.8 Å². The molecule has 0 aromatic heterocycles. The first kappa shape index (κ1) is 16.9. The second-order valence-corrected chi connectivity index (χ2v) is 5.77. The minimum absolute atomic E-state index is 0.00362. The van der Waals surface area contributed by atoms with Gasteiger partial charge in [0.2, 0.25) is 0 Å². The Morgan fingerprint density at radius 1 is 1.04 bits per heavy atom. The molecule has 0 fully saturated rings. The lowest BCUT2D eigenvalue weighted by Crippen LogP contribution is -2.33. The Labute approximate surface area is 145 Å². The second kappa shape index (κ2) is 6.89. The summed E-state index contributed by atoms with van der Waals surface area (Å²) in [6.45, 7) is 1.70. The van der Waals surface area contributed by atoms with Gasteiger partial charge in [0.1, 0.15) is 5.82 Å². The van der Waals surface area contributed by atoms with Gasteiger partial charge in [-0.25, -0.2) is 8.78 Å². The predicted molar refractivity (Wildman–Crippen MR) is 99.4 cm³/mol. The van der Waals surface area contributed by atoms with Crippen LogP contribution in [0.3, 0.4) is 0 Å². The van der Waals surface area contributed by atoms with E-state index in [0.717, 1.165) is 16.5 Å². The fraction of sp³-hybridized carbons (Fsp3) is 0.150. The van der Waals surface area contributed by atoms with Crippen molar-refractivity contribution in [3.63, 3.8) is 0 Å². The zero-order valence-electron chi connectivity index (χ0n) is 14.1. The molecule has 5 heteroatoms. The number of fused-ring (bicyclic) bond motifs is 1. The average molecular weight is 339 g/mol. The monoisotopic (exact) mass is 339 g/mol. The van der Waals surface area contributed by atoms with E-state index in [2.05, 4.69) is 5.32 Å². The highest BCUT2D eigenvalue weighted by Crippen LogP contribution is 2.26. The molecular formula is C20H19F2N3. The number of benzene rings is 3. The Bertz CT molecular complexity index is 932. The Morgan fingerprint density at radius 3 is 2.52 bits per heavy atom. The van der Waals surface area contributed by atoms with Crippen LogP contribution in [-0.4, -0.2) is 13.0 Å². The molecule has 128 valence electrons. The Kier molecular flexibility index (Phi) is 4.65. The predicted octanol–water partition coefficient (Wildman–Crippen LogP) is 5.16. The van der Waals surface area contributed by atoms with Gasteiger partial charge in [-0.05, 0) is 30.0 Å². The third-order valence-electron chi connectivity index (χ3n) is 4.26. The fourth-order valence-corrected chi connectivity index (χ4v) is 2.83. The zero-order chi connectivity index (χ0) is 18.0. The molecule has 0 heterocycles. The summed E-state index contributed by atoms with van der Waals surface area (Å²) in [5.41, 5.74) is 0.950. The van der Waals surface area contributed by atoms with E-state index in [0.29, 0.717) is 0 Å². The summed E-state index contributed by atoms with van der Waals surface area (Å²) in [5.74, 6) is -1.19. The van der Waals surface area contributed by atoms with Gasteiger partial charge in [-0.2, -0.15) is 0 Å². The van der Waals surface area contributed by atoms with Gasteiger partial charge in [0.05, 0.1) is 5.69 Å². The van der Waals surface area contributed by atoms with Crippen LogP contribution in [0.25, 0.3) is 10.8 Å². The number of nitrogens with one attached hydrogen (secondary N) is 2. The number of rotatable bonds is 3. The highest BCUT2D eigenvalue weighted by molar-refractivity contribution is 6.08. The van der Waals surface area contributed by atoms with Gasteiger partial charge in [0, 0.05) is 23.7 Å². The maximum atomic E-state index is 14.5. The molecule has 3 aromatic rings. The van der Waals surface area contributed by atoms with Crippen molar-refractivity contribution in [1.82, 2.24) is 0 Å². The van der Waals surface area contributed by atoms with Crippen molar-refractivity contribution in [3.8, 4) is 0 Å². The normalized spacial score (nSPS) is 10.7. The maximum absolute atomic E-state index is 14.5. The third kappa shape index (κ3) is 3.18. The molecule has 0 saturated heterocycles. The lowest BCUT2D eigenvalue weighted by atomic mass is 10.1. The van der Waals surface area contributed by atoms with E-state index in [-0.39, 0.29) is 23.6 Å². The molecule has 2 N–H and O–H groups in total. The quantitative estimate of drug-likeness (QED) is 0.511. The molecule has 3 aromatic carbocycles. The molecule has 0 aliphatic heterocycles. The van der Waals surface area contributed by atoms with Crippen molar-refractivity contribution < 1.29 is 8.78 Å². The Hall–Kier alpha value is -2.95. The second-order valence-electron chi connectivity index (χ2n) is 5.77. The molecule has 0 saturated carbocycles.